The van der Waals surface area contributed by atoms with Crippen LogP contribution in [0.15, 0.2) is 18.3 Å². The summed E-state index contributed by atoms with van der Waals surface area (Å²) in [6.07, 6.45) is 2.72. The smallest absolute Gasteiger partial charge is 0.243 e. The zero-order chi connectivity index (χ0) is 8.10. The van der Waals surface area contributed by atoms with Crippen LogP contribution in [0.5, 0.6) is 0 Å². The highest BCUT2D eigenvalue weighted by Gasteiger charge is 1.99. The molecule has 4 heteroatoms. The van der Waals surface area contributed by atoms with E-state index in [2.05, 4.69) is 4.98 Å². The number of hydrogen-bond donors (Lipinski definition) is 3. The molecule has 11 heavy (non-hydrogen) atoms. The number of H-pyrrole nitrogens is 1. The summed E-state index contributed by atoms with van der Waals surface area (Å²) < 4.78 is 0. The van der Waals surface area contributed by atoms with Crippen LogP contribution < -0.4 is 5.48 Å². The Labute approximate surface area is 64.2 Å². The van der Waals surface area contributed by atoms with Gasteiger partial charge in [0.25, 0.3) is 0 Å². The molecule has 60 valence electrons. The molecule has 0 atom stereocenters. The molecule has 0 spiro atoms. The maximum absolute atomic E-state index is 10.5. The molecule has 1 aromatic rings. The molecule has 0 bridgehead atoms. The SMILES string of the molecule is O=C(CCc1ccc[nH]1)NO. The Bertz CT molecular complexity index is 218. The van der Waals surface area contributed by atoms with Gasteiger partial charge in [-0.05, 0) is 18.6 Å². The number of carbonyl (C=O) groups is 1. The Balaban J connectivity index is 2.29. The van der Waals surface area contributed by atoms with E-state index in [1.165, 1.54) is 0 Å². The van der Waals surface area contributed by atoms with Crippen LogP contribution in [0.2, 0.25) is 0 Å². The van der Waals surface area contributed by atoms with Gasteiger partial charge in [-0.2, -0.15) is 0 Å². The highest BCUT2D eigenvalue weighted by molar-refractivity contribution is 5.74. The topological polar surface area (TPSA) is 65.1 Å². The minimum Gasteiger partial charge on any atom is -0.365 e. The van der Waals surface area contributed by atoms with Gasteiger partial charge in [-0.3, -0.25) is 10.0 Å². The molecule has 0 saturated carbocycles. The van der Waals surface area contributed by atoms with Gasteiger partial charge in [-0.25, -0.2) is 5.48 Å². The number of aromatic amines is 1. The molecular formula is C7H10N2O2. The van der Waals surface area contributed by atoms with Crippen molar-refractivity contribution < 1.29 is 10.0 Å². The minimum absolute atomic E-state index is 0.303. The molecule has 4 nitrogen and oxygen atoms in total. The van der Waals surface area contributed by atoms with E-state index in [0.717, 1.165) is 5.69 Å². The van der Waals surface area contributed by atoms with Crippen LogP contribution in [-0.2, 0) is 11.2 Å². The van der Waals surface area contributed by atoms with Gasteiger partial charge in [-0.15, -0.1) is 0 Å². The first-order chi connectivity index (χ1) is 5.33. The van der Waals surface area contributed by atoms with Gasteiger partial charge < -0.3 is 4.98 Å². The van der Waals surface area contributed by atoms with Crippen LogP contribution in [0, 0.1) is 0 Å². The number of aromatic nitrogens is 1. The van der Waals surface area contributed by atoms with E-state index >= 15 is 0 Å². The van der Waals surface area contributed by atoms with Crippen LogP contribution in [0.3, 0.4) is 0 Å². The second-order valence-electron chi connectivity index (χ2n) is 2.23. The molecule has 0 aromatic carbocycles. The first-order valence-electron chi connectivity index (χ1n) is 3.38. The Kier molecular flexibility index (Phi) is 2.68. The van der Waals surface area contributed by atoms with Crippen molar-refractivity contribution in [1.82, 2.24) is 10.5 Å². The average Bonchev–Trinajstić information content (AvgIpc) is 2.52. The van der Waals surface area contributed by atoms with E-state index in [9.17, 15) is 4.79 Å². The predicted molar refractivity (Wildman–Crippen MR) is 39.0 cm³/mol. The molecule has 1 heterocycles. The van der Waals surface area contributed by atoms with E-state index in [-0.39, 0.29) is 5.91 Å². The quantitative estimate of drug-likeness (QED) is 0.437. The van der Waals surface area contributed by atoms with Gasteiger partial charge in [0, 0.05) is 18.3 Å². The second kappa shape index (κ2) is 3.78. The number of aryl methyl sites for hydroxylation is 1. The molecule has 0 unspecified atom stereocenters. The van der Waals surface area contributed by atoms with Crippen LogP contribution in [0.4, 0.5) is 0 Å². The number of hydroxylamine groups is 1. The highest BCUT2D eigenvalue weighted by Crippen LogP contribution is 1.98. The van der Waals surface area contributed by atoms with Crippen molar-refractivity contribution in [3.63, 3.8) is 0 Å². The fourth-order valence-electron chi connectivity index (χ4n) is 0.827. The van der Waals surface area contributed by atoms with Crippen molar-refractivity contribution in [3.8, 4) is 0 Å². The summed E-state index contributed by atoms with van der Waals surface area (Å²) in [6.45, 7) is 0. The lowest BCUT2D eigenvalue weighted by Gasteiger charge is -1.95. The summed E-state index contributed by atoms with van der Waals surface area (Å²) in [5, 5.41) is 8.15. The van der Waals surface area contributed by atoms with Crippen molar-refractivity contribution in [2.75, 3.05) is 0 Å². The molecule has 1 aromatic heterocycles. The number of hydrogen-bond acceptors (Lipinski definition) is 2. The van der Waals surface area contributed by atoms with Crippen molar-refractivity contribution in [2.45, 2.75) is 12.8 Å². The monoisotopic (exact) mass is 154 g/mol. The summed E-state index contributed by atoms with van der Waals surface area (Å²) in [5.74, 6) is -0.361. The van der Waals surface area contributed by atoms with Crippen molar-refractivity contribution >= 4 is 5.91 Å². The predicted octanol–water partition coefficient (Wildman–Crippen LogP) is 0.453. The van der Waals surface area contributed by atoms with Crippen LogP contribution in [0.25, 0.3) is 0 Å². The fraction of sp³-hybridized carbons (Fsp3) is 0.286. The van der Waals surface area contributed by atoms with Gasteiger partial charge in [0.15, 0.2) is 0 Å². The summed E-state index contributed by atoms with van der Waals surface area (Å²) in [7, 11) is 0. The molecule has 0 saturated heterocycles. The van der Waals surface area contributed by atoms with Crippen molar-refractivity contribution in [3.05, 3.63) is 24.0 Å². The Hall–Kier alpha value is -1.29. The summed E-state index contributed by atoms with van der Waals surface area (Å²) in [4.78, 5) is 13.5. The van der Waals surface area contributed by atoms with E-state index in [0.29, 0.717) is 12.8 Å². The second-order valence-corrected chi connectivity index (χ2v) is 2.23. The molecular weight excluding hydrogens is 144 g/mol. The maximum atomic E-state index is 10.5. The van der Waals surface area contributed by atoms with Crippen LogP contribution >= 0.6 is 0 Å². The first kappa shape index (κ1) is 7.81. The van der Waals surface area contributed by atoms with Crippen molar-refractivity contribution in [1.29, 1.82) is 0 Å². The van der Waals surface area contributed by atoms with Crippen LogP contribution in [-0.4, -0.2) is 16.1 Å². The zero-order valence-corrected chi connectivity index (χ0v) is 6.00. The van der Waals surface area contributed by atoms with Crippen molar-refractivity contribution in [2.24, 2.45) is 0 Å². The van der Waals surface area contributed by atoms with Gasteiger partial charge in [-0.1, -0.05) is 0 Å². The average molecular weight is 154 g/mol. The lowest BCUT2D eigenvalue weighted by molar-refractivity contribution is -0.129. The normalized spacial score (nSPS) is 9.55. The largest absolute Gasteiger partial charge is 0.365 e. The van der Waals surface area contributed by atoms with Gasteiger partial charge in [0.05, 0.1) is 0 Å². The molecule has 1 rings (SSSR count). The third-order valence-electron chi connectivity index (χ3n) is 1.41. The summed E-state index contributed by atoms with van der Waals surface area (Å²) in [5.41, 5.74) is 2.57. The maximum Gasteiger partial charge on any atom is 0.243 e. The number of carbonyl (C=O) groups excluding carboxylic acids is 1. The van der Waals surface area contributed by atoms with Crippen LogP contribution in [0.1, 0.15) is 12.1 Å². The Morgan fingerprint density at radius 1 is 1.73 bits per heavy atom. The molecule has 0 fully saturated rings. The molecule has 0 aliphatic heterocycles. The molecule has 1 amide bonds. The molecule has 0 radical (unpaired) electrons. The standard InChI is InChI=1S/C7H10N2O2/c10-7(9-11)4-3-6-2-1-5-8-6/h1-2,5,8,11H,3-4H2,(H,9,10). The molecule has 3 N–H and O–H groups in total. The van der Waals surface area contributed by atoms with E-state index in [1.54, 1.807) is 11.7 Å². The Morgan fingerprint density at radius 2 is 2.55 bits per heavy atom. The lowest BCUT2D eigenvalue weighted by Crippen LogP contribution is -2.18. The Morgan fingerprint density at radius 3 is 3.09 bits per heavy atom. The van der Waals surface area contributed by atoms with Gasteiger partial charge in [0.1, 0.15) is 0 Å². The lowest BCUT2D eigenvalue weighted by atomic mass is 10.2. The highest BCUT2D eigenvalue weighted by atomic mass is 16.5. The molecule has 0 aliphatic carbocycles. The first-order valence-corrected chi connectivity index (χ1v) is 3.38. The number of nitrogens with one attached hydrogen (secondary N) is 2. The number of amides is 1. The zero-order valence-electron chi connectivity index (χ0n) is 6.00. The third kappa shape index (κ3) is 2.43. The summed E-state index contributed by atoms with van der Waals surface area (Å²) >= 11 is 0. The molecule has 0 aliphatic rings. The van der Waals surface area contributed by atoms with Gasteiger partial charge in [0.2, 0.25) is 5.91 Å². The number of rotatable bonds is 3. The van der Waals surface area contributed by atoms with E-state index < -0.39 is 0 Å². The van der Waals surface area contributed by atoms with E-state index in [4.69, 9.17) is 5.21 Å². The fourth-order valence-corrected chi connectivity index (χ4v) is 0.827. The third-order valence-corrected chi connectivity index (χ3v) is 1.41. The minimum atomic E-state index is -0.361. The van der Waals surface area contributed by atoms with E-state index in [1.807, 2.05) is 12.1 Å². The van der Waals surface area contributed by atoms with Gasteiger partial charge >= 0.3 is 0 Å². The summed E-state index contributed by atoms with van der Waals surface area (Å²) in [6, 6.07) is 3.76.